The number of alkyl carbamates (subject to hydrolysis) is 2. The zero-order chi connectivity index (χ0) is 16.5. The molecule has 4 amide bonds. The van der Waals surface area contributed by atoms with E-state index in [1.807, 2.05) is 17.6 Å². The van der Waals surface area contributed by atoms with Crippen molar-refractivity contribution in [1.29, 1.82) is 0 Å². The van der Waals surface area contributed by atoms with E-state index in [0.29, 0.717) is 6.42 Å². The van der Waals surface area contributed by atoms with Crippen LogP contribution in [0.3, 0.4) is 0 Å². The van der Waals surface area contributed by atoms with E-state index in [9.17, 15) is 19.2 Å². The average Bonchev–Trinajstić information content (AvgIpc) is 2.33. The Labute approximate surface area is 123 Å². The first kappa shape index (κ1) is 18.9. The lowest BCUT2D eigenvalue weighted by Crippen LogP contribution is -2.37. The number of hydrogen-bond acceptors (Lipinski definition) is 6. The van der Waals surface area contributed by atoms with Crippen LogP contribution in [0.5, 0.6) is 0 Å². The SMILES string of the molecule is CCCC(C)(COC(=O)NC(C)=O)COC(=O)NC(C)=O. The van der Waals surface area contributed by atoms with Crippen molar-refractivity contribution < 1.29 is 28.7 Å². The molecule has 21 heavy (non-hydrogen) atoms. The van der Waals surface area contributed by atoms with Crippen molar-refractivity contribution in [2.45, 2.75) is 40.5 Å². The van der Waals surface area contributed by atoms with Gasteiger partial charge in [0, 0.05) is 19.3 Å². The van der Waals surface area contributed by atoms with Crippen molar-refractivity contribution in [3.63, 3.8) is 0 Å². The lowest BCUT2D eigenvalue weighted by Gasteiger charge is -2.27. The fourth-order valence-corrected chi connectivity index (χ4v) is 1.63. The summed E-state index contributed by atoms with van der Waals surface area (Å²) in [4.78, 5) is 43.9. The van der Waals surface area contributed by atoms with Gasteiger partial charge in [-0.1, -0.05) is 20.3 Å². The standard InChI is InChI=1S/C13H22N2O6/c1-5-6-13(4,7-20-11(18)14-9(2)16)8-21-12(19)15-10(3)17/h5-8H2,1-4H3,(H,14,16,18)(H,15,17,19). The number of carbonyl (C=O) groups excluding carboxylic acids is 4. The molecule has 0 heterocycles. The summed E-state index contributed by atoms with van der Waals surface area (Å²) < 4.78 is 9.87. The van der Waals surface area contributed by atoms with Gasteiger partial charge in [0.2, 0.25) is 11.8 Å². The molecule has 0 aliphatic carbocycles. The van der Waals surface area contributed by atoms with Crippen LogP contribution in [0.2, 0.25) is 0 Å². The van der Waals surface area contributed by atoms with E-state index in [0.717, 1.165) is 6.42 Å². The highest BCUT2D eigenvalue weighted by Crippen LogP contribution is 2.24. The Morgan fingerprint density at radius 3 is 1.57 bits per heavy atom. The molecule has 0 aliphatic heterocycles. The summed E-state index contributed by atoms with van der Waals surface area (Å²) in [6.45, 7) is 6.06. The second kappa shape index (κ2) is 8.93. The summed E-state index contributed by atoms with van der Waals surface area (Å²) in [6.07, 6.45) is -0.282. The topological polar surface area (TPSA) is 111 Å². The fourth-order valence-electron chi connectivity index (χ4n) is 1.63. The van der Waals surface area contributed by atoms with Gasteiger partial charge in [-0.15, -0.1) is 0 Å². The highest BCUT2D eigenvalue weighted by Gasteiger charge is 2.28. The van der Waals surface area contributed by atoms with Crippen LogP contribution in [0.25, 0.3) is 0 Å². The Balaban J connectivity index is 4.40. The Bertz CT molecular complexity index is 375. The first-order chi connectivity index (χ1) is 9.68. The van der Waals surface area contributed by atoms with E-state index in [1.165, 1.54) is 13.8 Å². The van der Waals surface area contributed by atoms with Crippen molar-refractivity contribution in [2.75, 3.05) is 13.2 Å². The fraction of sp³-hybridized carbons (Fsp3) is 0.692. The quantitative estimate of drug-likeness (QED) is 0.766. The van der Waals surface area contributed by atoms with E-state index in [-0.39, 0.29) is 13.2 Å². The van der Waals surface area contributed by atoms with Crippen molar-refractivity contribution in [3.05, 3.63) is 0 Å². The van der Waals surface area contributed by atoms with Crippen molar-refractivity contribution in [2.24, 2.45) is 5.41 Å². The summed E-state index contributed by atoms with van der Waals surface area (Å²) in [5, 5.41) is 3.97. The minimum Gasteiger partial charge on any atom is -0.449 e. The highest BCUT2D eigenvalue weighted by atomic mass is 16.6. The van der Waals surface area contributed by atoms with Gasteiger partial charge in [-0.25, -0.2) is 9.59 Å². The predicted octanol–water partition coefficient (Wildman–Crippen LogP) is 1.34. The third-order valence-corrected chi connectivity index (χ3v) is 2.51. The molecule has 0 spiro atoms. The largest absolute Gasteiger partial charge is 0.449 e. The van der Waals surface area contributed by atoms with Crippen LogP contribution in [0.4, 0.5) is 9.59 Å². The van der Waals surface area contributed by atoms with Crippen LogP contribution in [-0.4, -0.2) is 37.2 Å². The molecule has 0 aromatic rings. The summed E-state index contributed by atoms with van der Waals surface area (Å²) in [6, 6.07) is 0. The minimum atomic E-state index is -0.849. The zero-order valence-corrected chi connectivity index (χ0v) is 12.8. The summed E-state index contributed by atoms with van der Waals surface area (Å²) in [7, 11) is 0. The number of carbonyl (C=O) groups is 4. The van der Waals surface area contributed by atoms with E-state index >= 15 is 0 Å². The smallest absolute Gasteiger partial charge is 0.413 e. The Morgan fingerprint density at radius 1 is 0.905 bits per heavy atom. The van der Waals surface area contributed by atoms with Gasteiger partial charge in [0.05, 0.1) is 0 Å². The highest BCUT2D eigenvalue weighted by molar-refractivity contribution is 5.90. The van der Waals surface area contributed by atoms with Crippen LogP contribution in [0, 0.1) is 5.41 Å². The number of nitrogens with one attached hydrogen (secondary N) is 2. The number of hydrogen-bond donors (Lipinski definition) is 2. The van der Waals surface area contributed by atoms with Gasteiger partial charge in [0.25, 0.3) is 0 Å². The molecule has 0 radical (unpaired) electrons. The van der Waals surface area contributed by atoms with Gasteiger partial charge >= 0.3 is 12.2 Å². The van der Waals surface area contributed by atoms with Crippen molar-refractivity contribution in [3.8, 4) is 0 Å². The maximum absolute atomic E-state index is 11.3. The van der Waals surface area contributed by atoms with Crippen LogP contribution >= 0.6 is 0 Å². The normalized spacial score (nSPS) is 10.5. The van der Waals surface area contributed by atoms with Crippen LogP contribution in [-0.2, 0) is 19.1 Å². The molecule has 8 nitrogen and oxygen atoms in total. The number of rotatable bonds is 6. The molecule has 0 saturated carbocycles. The summed E-state index contributed by atoms with van der Waals surface area (Å²) in [5.74, 6) is -1.04. The number of ether oxygens (including phenoxy) is 2. The first-order valence-corrected chi connectivity index (χ1v) is 6.57. The van der Waals surface area contributed by atoms with Gasteiger partial charge in [0.1, 0.15) is 13.2 Å². The average molecular weight is 302 g/mol. The molecule has 0 unspecified atom stereocenters. The van der Waals surface area contributed by atoms with E-state index in [1.54, 1.807) is 6.92 Å². The maximum Gasteiger partial charge on any atom is 0.413 e. The molecule has 0 rings (SSSR count). The van der Waals surface area contributed by atoms with E-state index in [2.05, 4.69) is 0 Å². The van der Waals surface area contributed by atoms with Crippen LogP contribution in [0.15, 0.2) is 0 Å². The molecule has 0 bridgehead atoms. The predicted molar refractivity (Wildman–Crippen MR) is 73.3 cm³/mol. The molecule has 2 N–H and O–H groups in total. The van der Waals surface area contributed by atoms with Gasteiger partial charge in [-0.3, -0.25) is 20.2 Å². The molecular formula is C13H22N2O6. The van der Waals surface area contributed by atoms with Gasteiger partial charge in [0.15, 0.2) is 0 Å². The summed E-state index contributed by atoms with van der Waals surface area (Å²) in [5.41, 5.74) is -0.600. The zero-order valence-electron chi connectivity index (χ0n) is 12.8. The Kier molecular flexibility index (Phi) is 8.03. The van der Waals surface area contributed by atoms with E-state index in [4.69, 9.17) is 9.47 Å². The summed E-state index contributed by atoms with van der Waals surface area (Å²) >= 11 is 0. The molecule has 0 fully saturated rings. The van der Waals surface area contributed by atoms with Gasteiger partial charge in [-0.05, 0) is 6.42 Å². The molecule has 120 valence electrons. The molecule has 0 saturated heterocycles. The third kappa shape index (κ3) is 9.42. The van der Waals surface area contributed by atoms with Crippen LogP contribution in [0.1, 0.15) is 40.5 Å². The number of imide groups is 2. The molecule has 0 aliphatic rings. The lowest BCUT2D eigenvalue weighted by atomic mass is 9.87. The molecule has 0 aromatic carbocycles. The molecule has 0 aromatic heterocycles. The van der Waals surface area contributed by atoms with Crippen LogP contribution < -0.4 is 10.6 Å². The first-order valence-electron chi connectivity index (χ1n) is 6.57. The lowest BCUT2D eigenvalue weighted by molar-refractivity contribution is -0.119. The second-order valence-corrected chi connectivity index (χ2v) is 5.08. The second-order valence-electron chi connectivity index (χ2n) is 5.08. The maximum atomic E-state index is 11.3. The number of amides is 4. The molecule has 0 atom stereocenters. The third-order valence-electron chi connectivity index (χ3n) is 2.51. The monoisotopic (exact) mass is 302 g/mol. The Hall–Kier alpha value is -2.12. The molecular weight excluding hydrogens is 280 g/mol. The van der Waals surface area contributed by atoms with Crippen molar-refractivity contribution in [1.82, 2.24) is 10.6 Å². The van der Waals surface area contributed by atoms with E-state index < -0.39 is 29.4 Å². The minimum absolute atomic E-state index is 0.0205. The Morgan fingerprint density at radius 2 is 1.29 bits per heavy atom. The molecule has 8 heteroatoms. The van der Waals surface area contributed by atoms with Crippen molar-refractivity contribution >= 4 is 24.0 Å². The van der Waals surface area contributed by atoms with Gasteiger partial charge in [-0.2, -0.15) is 0 Å². The van der Waals surface area contributed by atoms with Gasteiger partial charge < -0.3 is 9.47 Å².